The van der Waals surface area contributed by atoms with Gasteiger partial charge in [-0.25, -0.2) is 4.90 Å². The average Bonchev–Trinajstić information content (AvgIpc) is 2.86. The van der Waals surface area contributed by atoms with Crippen molar-refractivity contribution in [3.63, 3.8) is 0 Å². The van der Waals surface area contributed by atoms with Crippen molar-refractivity contribution in [1.82, 2.24) is 0 Å². The number of rotatable bonds is 2. The van der Waals surface area contributed by atoms with Gasteiger partial charge < -0.3 is 5.73 Å². The van der Waals surface area contributed by atoms with Crippen LogP contribution in [0, 0.1) is 0 Å². The maximum atomic E-state index is 12.5. The summed E-state index contributed by atoms with van der Waals surface area (Å²) < 4.78 is 0. The third-order valence-corrected chi connectivity index (χ3v) is 4.13. The molecule has 6 nitrogen and oxygen atoms in total. The molecule has 116 valence electrons. The minimum Gasteiger partial charge on any atom is -0.395 e. The Morgan fingerprint density at radius 3 is 1.96 bits per heavy atom. The number of carbonyl (C=O) groups excluding carboxylic acids is 2. The van der Waals surface area contributed by atoms with E-state index in [1.54, 1.807) is 42.5 Å². The van der Waals surface area contributed by atoms with Gasteiger partial charge in [0.2, 0.25) is 10.9 Å². The summed E-state index contributed by atoms with van der Waals surface area (Å²) in [5.41, 5.74) is 5.63. The highest BCUT2D eigenvalue weighted by Gasteiger charge is 2.36. The van der Waals surface area contributed by atoms with E-state index in [9.17, 15) is 19.2 Å². The quantitative estimate of drug-likeness (QED) is 0.568. The summed E-state index contributed by atoms with van der Waals surface area (Å²) in [5.74, 6) is -0.851. The second-order valence-corrected chi connectivity index (χ2v) is 5.49. The number of amides is 2. The molecule has 0 atom stereocenters. The van der Waals surface area contributed by atoms with Crippen LogP contribution in [0.25, 0.3) is 11.1 Å². The van der Waals surface area contributed by atoms with Gasteiger partial charge in [0.1, 0.15) is 0 Å². The molecule has 0 aliphatic carbocycles. The third-order valence-electron chi connectivity index (χ3n) is 4.13. The second kappa shape index (κ2) is 4.73. The first kappa shape index (κ1) is 14.1. The van der Waals surface area contributed by atoms with E-state index in [0.717, 1.165) is 4.90 Å². The standard InChI is InChI=1S/C18H10N2O4/c19-14-13(15(21)16(14)22)9-4-3-5-10(8-9)20-17(23)11-6-1-2-7-12(11)18(20)24/h1-8H,19H2. The van der Waals surface area contributed by atoms with Gasteiger partial charge in [0, 0.05) is 0 Å². The second-order valence-electron chi connectivity index (χ2n) is 5.49. The number of carbonyl (C=O) groups is 2. The summed E-state index contributed by atoms with van der Waals surface area (Å²) in [4.78, 5) is 49.0. The maximum Gasteiger partial charge on any atom is 0.266 e. The van der Waals surface area contributed by atoms with Gasteiger partial charge in [0.05, 0.1) is 28.1 Å². The zero-order valence-corrected chi connectivity index (χ0v) is 12.3. The largest absolute Gasteiger partial charge is 0.395 e. The zero-order valence-electron chi connectivity index (χ0n) is 12.3. The summed E-state index contributed by atoms with van der Waals surface area (Å²) in [5, 5.41) is 0. The Hall–Kier alpha value is -3.54. The van der Waals surface area contributed by atoms with Crippen LogP contribution in [0.5, 0.6) is 0 Å². The molecule has 1 aliphatic heterocycles. The van der Waals surface area contributed by atoms with Crippen LogP contribution in [-0.2, 0) is 0 Å². The van der Waals surface area contributed by atoms with Crippen molar-refractivity contribution >= 4 is 23.2 Å². The molecule has 0 fully saturated rings. The van der Waals surface area contributed by atoms with Crippen LogP contribution >= 0.6 is 0 Å². The molecule has 0 saturated heterocycles. The van der Waals surface area contributed by atoms with Crippen molar-refractivity contribution in [2.45, 2.75) is 0 Å². The Morgan fingerprint density at radius 1 is 0.750 bits per heavy atom. The molecule has 0 saturated carbocycles. The van der Waals surface area contributed by atoms with Crippen LogP contribution in [0.1, 0.15) is 20.7 Å². The molecule has 2 amide bonds. The van der Waals surface area contributed by atoms with Crippen molar-refractivity contribution < 1.29 is 9.59 Å². The lowest BCUT2D eigenvalue weighted by Gasteiger charge is -2.15. The number of benzene rings is 2. The molecule has 3 aromatic carbocycles. The highest BCUT2D eigenvalue weighted by molar-refractivity contribution is 6.34. The normalized spacial score (nSPS) is 13.6. The van der Waals surface area contributed by atoms with Gasteiger partial charge in [-0.15, -0.1) is 0 Å². The molecule has 0 unspecified atom stereocenters. The Morgan fingerprint density at radius 2 is 1.38 bits per heavy atom. The number of anilines is 2. The van der Waals surface area contributed by atoms with E-state index >= 15 is 0 Å². The molecule has 0 spiro atoms. The van der Waals surface area contributed by atoms with Crippen LogP contribution < -0.4 is 21.5 Å². The molecule has 0 radical (unpaired) electrons. The van der Waals surface area contributed by atoms with Crippen LogP contribution in [0.4, 0.5) is 11.4 Å². The lowest BCUT2D eigenvalue weighted by atomic mass is 9.98. The van der Waals surface area contributed by atoms with Crippen molar-refractivity contribution in [2.75, 3.05) is 10.6 Å². The summed E-state index contributed by atoms with van der Waals surface area (Å²) in [6.07, 6.45) is 0. The van der Waals surface area contributed by atoms with Gasteiger partial charge in [0.15, 0.2) is 0 Å². The first-order chi connectivity index (χ1) is 11.5. The zero-order chi connectivity index (χ0) is 17.0. The number of fused-ring (bicyclic) bond motifs is 1. The summed E-state index contributed by atoms with van der Waals surface area (Å²) in [6.45, 7) is 0. The van der Waals surface area contributed by atoms with Crippen molar-refractivity contribution in [3.05, 3.63) is 80.1 Å². The van der Waals surface area contributed by atoms with Gasteiger partial charge in [-0.2, -0.15) is 0 Å². The molecule has 4 rings (SSSR count). The minimum absolute atomic E-state index is 0.0977. The van der Waals surface area contributed by atoms with Gasteiger partial charge in [-0.05, 0) is 29.8 Å². The molecule has 0 aromatic heterocycles. The van der Waals surface area contributed by atoms with Crippen LogP contribution in [-0.4, -0.2) is 11.8 Å². The molecule has 3 aromatic rings. The predicted molar refractivity (Wildman–Crippen MR) is 88.8 cm³/mol. The summed E-state index contributed by atoms with van der Waals surface area (Å²) in [6, 6.07) is 12.9. The Balaban J connectivity index is 1.82. The molecule has 0 bridgehead atoms. The molecule has 1 aliphatic rings. The summed E-state index contributed by atoms with van der Waals surface area (Å²) >= 11 is 0. The topological polar surface area (TPSA) is 97.5 Å². The Kier molecular flexibility index (Phi) is 2.77. The fourth-order valence-corrected chi connectivity index (χ4v) is 2.92. The van der Waals surface area contributed by atoms with Crippen LogP contribution in [0.15, 0.2) is 58.1 Å². The van der Waals surface area contributed by atoms with E-state index in [2.05, 4.69) is 0 Å². The molecule has 24 heavy (non-hydrogen) atoms. The van der Waals surface area contributed by atoms with Gasteiger partial charge >= 0.3 is 0 Å². The van der Waals surface area contributed by atoms with Crippen LogP contribution in [0.2, 0.25) is 0 Å². The third kappa shape index (κ3) is 1.70. The Labute approximate surface area is 135 Å². The number of nitrogens with two attached hydrogens (primary N) is 1. The van der Waals surface area contributed by atoms with E-state index in [1.807, 2.05) is 0 Å². The lowest BCUT2D eigenvalue weighted by Crippen LogP contribution is -2.36. The average molecular weight is 318 g/mol. The number of hydrogen-bond donors (Lipinski definition) is 1. The molecular weight excluding hydrogens is 308 g/mol. The molecule has 2 N–H and O–H groups in total. The lowest BCUT2D eigenvalue weighted by molar-refractivity contribution is 0.0926. The van der Waals surface area contributed by atoms with Crippen LogP contribution in [0.3, 0.4) is 0 Å². The van der Waals surface area contributed by atoms with Gasteiger partial charge in [0.25, 0.3) is 11.8 Å². The molecule has 1 heterocycles. The monoisotopic (exact) mass is 318 g/mol. The van der Waals surface area contributed by atoms with E-state index in [4.69, 9.17) is 5.73 Å². The first-order valence-corrected chi connectivity index (χ1v) is 7.17. The number of nitrogens with zero attached hydrogens (tertiary/aromatic N) is 1. The van der Waals surface area contributed by atoms with E-state index in [-0.39, 0.29) is 11.3 Å². The molecule has 6 heteroatoms. The van der Waals surface area contributed by atoms with Crippen molar-refractivity contribution in [1.29, 1.82) is 0 Å². The van der Waals surface area contributed by atoms with E-state index in [1.165, 1.54) is 6.07 Å². The highest BCUT2D eigenvalue weighted by Crippen LogP contribution is 2.31. The van der Waals surface area contributed by atoms with Crippen molar-refractivity contribution in [2.24, 2.45) is 0 Å². The fraction of sp³-hybridized carbons (Fsp3) is 0. The highest BCUT2D eigenvalue weighted by atomic mass is 16.2. The SMILES string of the molecule is Nc1c(-c2cccc(N3C(=O)c4ccccc4C3=O)c2)c(=O)c1=O. The maximum absolute atomic E-state index is 12.5. The smallest absolute Gasteiger partial charge is 0.266 e. The minimum atomic E-state index is -0.712. The number of hydrogen-bond acceptors (Lipinski definition) is 5. The number of nitrogen functional groups attached to an aromatic ring is 1. The predicted octanol–water partition coefficient (Wildman–Crippen LogP) is 1.33. The number of imide groups is 1. The van der Waals surface area contributed by atoms with Gasteiger partial charge in [-0.1, -0.05) is 24.3 Å². The Bertz CT molecular complexity index is 1070. The fourth-order valence-electron chi connectivity index (χ4n) is 2.92. The van der Waals surface area contributed by atoms with E-state index in [0.29, 0.717) is 22.4 Å². The first-order valence-electron chi connectivity index (χ1n) is 7.17. The van der Waals surface area contributed by atoms with Gasteiger partial charge in [-0.3, -0.25) is 19.2 Å². The summed E-state index contributed by atoms with van der Waals surface area (Å²) in [7, 11) is 0. The van der Waals surface area contributed by atoms with E-state index < -0.39 is 22.7 Å². The molecular formula is C18H10N2O4. The van der Waals surface area contributed by atoms with Crippen molar-refractivity contribution in [3.8, 4) is 11.1 Å².